The number of benzene rings is 2. The molecule has 0 unspecified atom stereocenters. The van der Waals surface area contributed by atoms with Crippen molar-refractivity contribution in [1.82, 2.24) is 10.2 Å². The van der Waals surface area contributed by atoms with Crippen LogP contribution < -0.4 is 10.6 Å². The lowest BCUT2D eigenvalue weighted by atomic mass is 9.92. The second-order valence-corrected chi connectivity index (χ2v) is 9.58. The molecule has 1 heterocycles. The summed E-state index contributed by atoms with van der Waals surface area (Å²) in [6, 6.07) is 12.1. The van der Waals surface area contributed by atoms with Gasteiger partial charge in [0.25, 0.3) is 5.91 Å². The van der Waals surface area contributed by atoms with Gasteiger partial charge in [0.15, 0.2) is 0 Å². The smallest absolute Gasteiger partial charge is 0.255 e. The van der Waals surface area contributed by atoms with Crippen LogP contribution in [0.2, 0.25) is 5.02 Å². The number of amides is 2. The molecule has 1 aliphatic carbocycles. The molecule has 0 bridgehead atoms. The summed E-state index contributed by atoms with van der Waals surface area (Å²) in [5, 5.41) is 6.08. The van der Waals surface area contributed by atoms with Crippen LogP contribution in [-0.2, 0) is 11.3 Å². The Kier molecular flexibility index (Phi) is 7.99. The lowest BCUT2D eigenvalue weighted by molar-refractivity contribution is -0.127. The molecular weight excluding hydrogens is 441 g/mol. The zero-order valence-corrected chi connectivity index (χ0v) is 19.5. The van der Waals surface area contributed by atoms with Crippen LogP contribution in [0.3, 0.4) is 0 Å². The molecule has 7 heteroatoms. The number of nitrogens with zero attached hydrogens (tertiary/aromatic N) is 1. The summed E-state index contributed by atoms with van der Waals surface area (Å²) in [6.45, 7) is 2.52. The normalized spacial score (nSPS) is 18.1. The highest BCUT2D eigenvalue weighted by Gasteiger charge is 2.27. The van der Waals surface area contributed by atoms with E-state index in [1.165, 1.54) is 31.4 Å². The summed E-state index contributed by atoms with van der Waals surface area (Å²) in [5.74, 6) is -0.667. The molecule has 1 saturated heterocycles. The van der Waals surface area contributed by atoms with Gasteiger partial charge in [0.1, 0.15) is 5.82 Å². The van der Waals surface area contributed by atoms with Crippen molar-refractivity contribution < 1.29 is 14.0 Å². The third-order valence-electron chi connectivity index (χ3n) is 6.68. The Morgan fingerprint density at radius 3 is 2.48 bits per heavy atom. The van der Waals surface area contributed by atoms with E-state index in [1.807, 2.05) is 24.3 Å². The molecular formula is C26H31ClFN3O2. The van der Waals surface area contributed by atoms with Gasteiger partial charge < -0.3 is 10.6 Å². The van der Waals surface area contributed by atoms with E-state index in [-0.39, 0.29) is 28.3 Å². The predicted molar refractivity (Wildman–Crippen MR) is 129 cm³/mol. The Morgan fingerprint density at radius 1 is 1.00 bits per heavy atom. The first-order chi connectivity index (χ1) is 16.0. The average molecular weight is 472 g/mol. The molecule has 1 saturated carbocycles. The largest absolute Gasteiger partial charge is 0.353 e. The molecule has 0 aromatic heterocycles. The Hall–Kier alpha value is -2.44. The van der Waals surface area contributed by atoms with E-state index in [1.54, 1.807) is 0 Å². The lowest BCUT2D eigenvalue weighted by Crippen LogP contribution is -2.44. The number of halogens is 2. The van der Waals surface area contributed by atoms with Gasteiger partial charge in [-0.25, -0.2) is 4.39 Å². The molecule has 2 amide bonds. The maximum atomic E-state index is 13.7. The van der Waals surface area contributed by atoms with Gasteiger partial charge in [-0.2, -0.15) is 0 Å². The molecule has 2 N–H and O–H groups in total. The number of carbonyl (C=O) groups is 2. The van der Waals surface area contributed by atoms with Crippen LogP contribution in [0.4, 0.5) is 10.1 Å². The van der Waals surface area contributed by atoms with Gasteiger partial charge in [0.2, 0.25) is 5.91 Å². The zero-order valence-electron chi connectivity index (χ0n) is 18.8. The highest BCUT2D eigenvalue weighted by molar-refractivity contribution is 6.30. The monoisotopic (exact) mass is 471 g/mol. The standard InChI is InChI=1S/C26H31ClFN3O2/c27-23-10-9-20(16-24(23)28)26(33)30-22-8-4-5-18(15-22)17-31-13-11-19(12-14-31)25(32)29-21-6-2-1-3-7-21/h4-5,8-10,15-16,19,21H,1-3,6-7,11-14,17H2,(H,29,32)(H,30,33). The third-order valence-corrected chi connectivity index (χ3v) is 6.99. The van der Waals surface area contributed by atoms with Gasteiger partial charge in [0.05, 0.1) is 5.02 Å². The summed E-state index contributed by atoms with van der Waals surface area (Å²) in [7, 11) is 0. The topological polar surface area (TPSA) is 61.4 Å². The fourth-order valence-electron chi connectivity index (χ4n) is 4.77. The Morgan fingerprint density at radius 2 is 1.76 bits per heavy atom. The van der Waals surface area contributed by atoms with Crippen LogP contribution in [0.5, 0.6) is 0 Å². The van der Waals surface area contributed by atoms with E-state index in [4.69, 9.17) is 11.6 Å². The summed E-state index contributed by atoms with van der Waals surface area (Å²) < 4.78 is 13.7. The van der Waals surface area contributed by atoms with Crippen LogP contribution >= 0.6 is 11.6 Å². The van der Waals surface area contributed by atoms with E-state index >= 15 is 0 Å². The summed E-state index contributed by atoms with van der Waals surface area (Å²) in [4.78, 5) is 27.4. The molecule has 33 heavy (non-hydrogen) atoms. The van der Waals surface area contributed by atoms with Crippen LogP contribution in [0.25, 0.3) is 0 Å². The van der Waals surface area contributed by atoms with E-state index in [0.717, 1.165) is 56.9 Å². The number of carbonyl (C=O) groups excluding carboxylic acids is 2. The van der Waals surface area contributed by atoms with Crippen LogP contribution in [0.15, 0.2) is 42.5 Å². The van der Waals surface area contributed by atoms with Crippen LogP contribution in [-0.4, -0.2) is 35.8 Å². The van der Waals surface area contributed by atoms with Gasteiger partial charge >= 0.3 is 0 Å². The lowest BCUT2D eigenvalue weighted by Gasteiger charge is -2.32. The first-order valence-corrected chi connectivity index (χ1v) is 12.2. The molecule has 2 aliphatic rings. The van der Waals surface area contributed by atoms with Gasteiger partial charge in [-0.05, 0) is 74.7 Å². The molecule has 0 spiro atoms. The second-order valence-electron chi connectivity index (χ2n) is 9.18. The van der Waals surface area contributed by atoms with Crippen LogP contribution in [0, 0.1) is 11.7 Å². The molecule has 1 aliphatic heterocycles. The molecule has 176 valence electrons. The van der Waals surface area contributed by atoms with Gasteiger partial charge in [-0.15, -0.1) is 0 Å². The number of hydrogen-bond acceptors (Lipinski definition) is 3. The molecule has 0 atom stereocenters. The average Bonchev–Trinajstić information content (AvgIpc) is 2.82. The van der Waals surface area contributed by atoms with Crippen molar-refractivity contribution in [2.75, 3.05) is 18.4 Å². The number of piperidine rings is 1. The van der Waals surface area contributed by atoms with Gasteiger partial charge in [0, 0.05) is 29.8 Å². The molecule has 2 aromatic rings. The minimum Gasteiger partial charge on any atom is -0.353 e. The molecule has 2 aromatic carbocycles. The number of rotatable bonds is 6. The highest BCUT2D eigenvalue weighted by atomic mass is 35.5. The quantitative estimate of drug-likeness (QED) is 0.593. The third kappa shape index (κ3) is 6.55. The van der Waals surface area contributed by atoms with Crippen molar-refractivity contribution in [1.29, 1.82) is 0 Å². The summed E-state index contributed by atoms with van der Waals surface area (Å²) in [5.41, 5.74) is 1.96. The number of nitrogens with one attached hydrogen (secondary N) is 2. The van der Waals surface area contributed by atoms with Gasteiger partial charge in [-0.1, -0.05) is 43.0 Å². The fourth-order valence-corrected chi connectivity index (χ4v) is 4.88. The van der Waals surface area contributed by atoms with Crippen molar-refractivity contribution >= 4 is 29.1 Å². The minimum absolute atomic E-state index is 0.0104. The fraction of sp³-hybridized carbons (Fsp3) is 0.462. The number of anilines is 1. The summed E-state index contributed by atoms with van der Waals surface area (Å²) >= 11 is 5.70. The van der Waals surface area contributed by atoms with E-state index in [9.17, 15) is 14.0 Å². The van der Waals surface area contributed by atoms with Crippen molar-refractivity contribution in [3.05, 3.63) is 64.4 Å². The summed E-state index contributed by atoms with van der Waals surface area (Å²) in [6.07, 6.45) is 7.71. The first kappa shape index (κ1) is 23.7. The zero-order chi connectivity index (χ0) is 23.2. The van der Waals surface area contributed by atoms with Crippen molar-refractivity contribution in [2.45, 2.75) is 57.5 Å². The number of hydrogen-bond donors (Lipinski definition) is 2. The van der Waals surface area contributed by atoms with E-state index in [2.05, 4.69) is 15.5 Å². The van der Waals surface area contributed by atoms with Crippen molar-refractivity contribution in [3.63, 3.8) is 0 Å². The molecule has 5 nitrogen and oxygen atoms in total. The first-order valence-electron chi connectivity index (χ1n) is 11.9. The van der Waals surface area contributed by atoms with Gasteiger partial charge in [-0.3, -0.25) is 14.5 Å². The SMILES string of the molecule is O=C(Nc1cccc(CN2CCC(C(=O)NC3CCCCC3)CC2)c1)c1ccc(Cl)c(F)c1. The maximum absolute atomic E-state index is 13.7. The highest BCUT2D eigenvalue weighted by Crippen LogP contribution is 2.23. The predicted octanol–water partition coefficient (Wildman–Crippen LogP) is 5.39. The Labute approximate surface area is 199 Å². The van der Waals surface area contributed by atoms with Crippen molar-refractivity contribution in [3.8, 4) is 0 Å². The van der Waals surface area contributed by atoms with E-state index in [0.29, 0.717) is 11.7 Å². The Bertz CT molecular complexity index is 985. The molecule has 0 radical (unpaired) electrons. The number of likely N-dealkylation sites (tertiary alicyclic amines) is 1. The van der Waals surface area contributed by atoms with Crippen molar-refractivity contribution in [2.24, 2.45) is 5.92 Å². The molecule has 2 fully saturated rings. The molecule has 4 rings (SSSR count). The minimum atomic E-state index is -0.617. The van der Waals surface area contributed by atoms with Crippen LogP contribution in [0.1, 0.15) is 60.9 Å². The maximum Gasteiger partial charge on any atom is 0.255 e. The van der Waals surface area contributed by atoms with E-state index < -0.39 is 5.82 Å². The Balaban J connectivity index is 1.27. The second kappa shape index (κ2) is 11.1.